The molecule has 2 aromatic carbocycles. The summed E-state index contributed by atoms with van der Waals surface area (Å²) in [7, 11) is 0. The largest absolute Gasteiger partial charge is 0.449 e. The van der Waals surface area contributed by atoms with Crippen LogP contribution in [0, 0.1) is 0 Å². The lowest BCUT2D eigenvalue weighted by Crippen LogP contribution is -2.30. The Kier molecular flexibility index (Phi) is 5.54. The van der Waals surface area contributed by atoms with Crippen LogP contribution in [0.15, 0.2) is 54.9 Å². The first kappa shape index (κ1) is 18.9. The molecule has 0 aliphatic rings. The monoisotopic (exact) mass is 379 g/mol. The van der Waals surface area contributed by atoms with Crippen molar-refractivity contribution in [3.63, 3.8) is 0 Å². The molecule has 28 heavy (non-hydrogen) atoms. The first-order valence-electron chi connectivity index (χ1n) is 8.40. The third-order valence-electron chi connectivity index (χ3n) is 3.89. The SMILES string of the molecule is CC(=O)c1cccc(NC(=O)[C@@H](C)OC(=O)c2cccc(-n3cnnn3)c2)c1. The maximum atomic E-state index is 12.4. The van der Waals surface area contributed by atoms with Crippen LogP contribution in [0.2, 0.25) is 0 Å². The van der Waals surface area contributed by atoms with E-state index in [0.717, 1.165) is 0 Å². The number of carbonyl (C=O) groups excluding carboxylic acids is 3. The summed E-state index contributed by atoms with van der Waals surface area (Å²) in [6.45, 7) is 2.90. The molecular formula is C19H17N5O4. The van der Waals surface area contributed by atoms with Crippen molar-refractivity contribution in [3.8, 4) is 5.69 Å². The second-order valence-corrected chi connectivity index (χ2v) is 5.98. The van der Waals surface area contributed by atoms with Gasteiger partial charge in [0.2, 0.25) is 0 Å². The molecule has 0 spiro atoms. The summed E-state index contributed by atoms with van der Waals surface area (Å²) in [5, 5.41) is 13.5. The van der Waals surface area contributed by atoms with E-state index in [2.05, 4.69) is 20.8 Å². The summed E-state index contributed by atoms with van der Waals surface area (Å²) >= 11 is 0. The molecule has 0 saturated carbocycles. The minimum Gasteiger partial charge on any atom is -0.449 e. The fraction of sp³-hybridized carbons (Fsp3) is 0.158. The number of hydrogen-bond donors (Lipinski definition) is 1. The van der Waals surface area contributed by atoms with Gasteiger partial charge in [-0.3, -0.25) is 9.59 Å². The molecule has 3 aromatic rings. The first-order valence-corrected chi connectivity index (χ1v) is 8.40. The van der Waals surface area contributed by atoms with Gasteiger partial charge in [-0.15, -0.1) is 5.10 Å². The van der Waals surface area contributed by atoms with E-state index in [4.69, 9.17) is 4.74 Å². The fourth-order valence-electron chi connectivity index (χ4n) is 2.40. The number of amides is 1. The van der Waals surface area contributed by atoms with E-state index in [0.29, 0.717) is 16.9 Å². The average molecular weight is 379 g/mol. The molecule has 0 saturated heterocycles. The van der Waals surface area contributed by atoms with Gasteiger partial charge in [0.1, 0.15) is 6.33 Å². The highest BCUT2D eigenvalue weighted by Gasteiger charge is 2.19. The zero-order valence-electron chi connectivity index (χ0n) is 15.2. The van der Waals surface area contributed by atoms with Crippen molar-refractivity contribution in [2.24, 2.45) is 0 Å². The summed E-state index contributed by atoms with van der Waals surface area (Å²) in [5.74, 6) is -1.28. The van der Waals surface area contributed by atoms with Crippen molar-refractivity contribution in [1.82, 2.24) is 20.2 Å². The molecule has 1 amide bonds. The van der Waals surface area contributed by atoms with Gasteiger partial charge in [0.25, 0.3) is 5.91 Å². The number of ether oxygens (including phenoxy) is 1. The standard InChI is InChI=1S/C19H17N5O4/c1-12(25)14-5-3-7-16(9-14)21-18(26)13(2)28-19(27)15-6-4-8-17(10-15)24-11-20-22-23-24/h3-11,13H,1-2H3,(H,21,26)/t13-/m1/s1. The van der Waals surface area contributed by atoms with E-state index in [-0.39, 0.29) is 11.3 Å². The summed E-state index contributed by atoms with van der Waals surface area (Å²) in [5.41, 5.74) is 1.76. The van der Waals surface area contributed by atoms with Gasteiger partial charge in [0.15, 0.2) is 11.9 Å². The third kappa shape index (κ3) is 4.44. The fourth-order valence-corrected chi connectivity index (χ4v) is 2.40. The number of tetrazole rings is 1. The molecule has 0 fully saturated rings. The van der Waals surface area contributed by atoms with Gasteiger partial charge in [-0.2, -0.15) is 0 Å². The van der Waals surface area contributed by atoms with Gasteiger partial charge in [-0.1, -0.05) is 18.2 Å². The van der Waals surface area contributed by atoms with Crippen molar-refractivity contribution in [2.45, 2.75) is 20.0 Å². The maximum Gasteiger partial charge on any atom is 0.338 e. The molecule has 1 heterocycles. The highest BCUT2D eigenvalue weighted by molar-refractivity contribution is 5.99. The van der Waals surface area contributed by atoms with Crippen LogP contribution in [0.25, 0.3) is 5.69 Å². The number of Topliss-reactive ketones (excluding diaryl/α,β-unsaturated/α-hetero) is 1. The van der Waals surface area contributed by atoms with Crippen LogP contribution in [-0.4, -0.2) is 44.0 Å². The number of anilines is 1. The van der Waals surface area contributed by atoms with Crippen molar-refractivity contribution in [3.05, 3.63) is 66.0 Å². The molecule has 3 rings (SSSR count). The molecule has 1 aromatic heterocycles. The Hall–Kier alpha value is -3.88. The number of nitrogens with one attached hydrogen (secondary N) is 1. The Morgan fingerprint density at radius 1 is 1.07 bits per heavy atom. The van der Waals surface area contributed by atoms with Gasteiger partial charge in [0.05, 0.1) is 11.3 Å². The van der Waals surface area contributed by atoms with Gasteiger partial charge >= 0.3 is 5.97 Å². The molecule has 1 atom stereocenters. The van der Waals surface area contributed by atoms with Crippen LogP contribution in [-0.2, 0) is 9.53 Å². The van der Waals surface area contributed by atoms with Gasteiger partial charge in [-0.05, 0) is 54.6 Å². The Morgan fingerprint density at radius 3 is 2.54 bits per heavy atom. The molecule has 0 unspecified atom stereocenters. The van der Waals surface area contributed by atoms with E-state index < -0.39 is 18.0 Å². The van der Waals surface area contributed by atoms with Crippen LogP contribution in [0.3, 0.4) is 0 Å². The molecule has 0 aliphatic carbocycles. The Balaban J connectivity index is 1.65. The van der Waals surface area contributed by atoms with Gasteiger partial charge < -0.3 is 10.1 Å². The molecule has 9 heteroatoms. The maximum absolute atomic E-state index is 12.4. The van der Waals surface area contributed by atoms with Crippen molar-refractivity contribution >= 4 is 23.3 Å². The topological polar surface area (TPSA) is 116 Å². The highest BCUT2D eigenvalue weighted by Crippen LogP contribution is 2.14. The molecule has 142 valence electrons. The van der Waals surface area contributed by atoms with Crippen molar-refractivity contribution in [1.29, 1.82) is 0 Å². The molecular weight excluding hydrogens is 362 g/mol. The summed E-state index contributed by atoms with van der Waals surface area (Å²) < 4.78 is 6.64. The van der Waals surface area contributed by atoms with E-state index in [1.165, 1.54) is 24.9 Å². The van der Waals surface area contributed by atoms with Crippen LogP contribution < -0.4 is 5.32 Å². The van der Waals surface area contributed by atoms with Crippen molar-refractivity contribution in [2.75, 3.05) is 5.32 Å². The number of esters is 1. The van der Waals surface area contributed by atoms with E-state index >= 15 is 0 Å². The molecule has 9 nitrogen and oxygen atoms in total. The Morgan fingerprint density at radius 2 is 1.82 bits per heavy atom. The third-order valence-corrected chi connectivity index (χ3v) is 3.89. The number of nitrogens with zero attached hydrogens (tertiary/aromatic N) is 4. The molecule has 0 aliphatic heterocycles. The molecule has 0 bridgehead atoms. The number of aromatic nitrogens is 4. The number of hydrogen-bond acceptors (Lipinski definition) is 7. The summed E-state index contributed by atoms with van der Waals surface area (Å²) in [6.07, 6.45) is 0.362. The van der Waals surface area contributed by atoms with Crippen molar-refractivity contribution < 1.29 is 19.1 Å². The predicted octanol–water partition coefficient (Wildman–Crippen LogP) is 2.05. The second-order valence-electron chi connectivity index (χ2n) is 5.98. The molecule has 0 radical (unpaired) electrons. The highest BCUT2D eigenvalue weighted by atomic mass is 16.5. The zero-order valence-corrected chi connectivity index (χ0v) is 15.2. The Labute approximate surface area is 160 Å². The number of carbonyl (C=O) groups is 3. The van der Waals surface area contributed by atoms with Gasteiger partial charge in [0, 0.05) is 11.3 Å². The second kappa shape index (κ2) is 8.21. The summed E-state index contributed by atoms with van der Waals surface area (Å²) in [4.78, 5) is 36.1. The van der Waals surface area contributed by atoms with E-state index in [1.54, 1.807) is 48.5 Å². The van der Waals surface area contributed by atoms with E-state index in [1.807, 2.05) is 0 Å². The number of ketones is 1. The van der Waals surface area contributed by atoms with Crippen LogP contribution in [0.4, 0.5) is 5.69 Å². The number of benzene rings is 2. The lowest BCUT2D eigenvalue weighted by atomic mass is 10.1. The molecule has 1 N–H and O–H groups in total. The lowest BCUT2D eigenvalue weighted by molar-refractivity contribution is -0.123. The smallest absolute Gasteiger partial charge is 0.338 e. The summed E-state index contributed by atoms with van der Waals surface area (Å²) in [6, 6.07) is 13.0. The average Bonchev–Trinajstić information content (AvgIpc) is 3.23. The quantitative estimate of drug-likeness (QED) is 0.515. The zero-order chi connectivity index (χ0) is 20.1. The Bertz CT molecular complexity index is 1020. The first-order chi connectivity index (χ1) is 13.4. The van der Waals surface area contributed by atoms with Gasteiger partial charge in [-0.25, -0.2) is 9.48 Å². The minimum absolute atomic E-state index is 0.113. The normalized spacial score (nSPS) is 11.5. The van der Waals surface area contributed by atoms with Crippen LogP contribution in [0.1, 0.15) is 34.6 Å². The predicted molar refractivity (Wildman–Crippen MR) is 99.1 cm³/mol. The minimum atomic E-state index is -1.04. The number of rotatable bonds is 6. The van der Waals surface area contributed by atoms with Crippen LogP contribution in [0.5, 0.6) is 0 Å². The van der Waals surface area contributed by atoms with Crippen LogP contribution >= 0.6 is 0 Å². The van der Waals surface area contributed by atoms with E-state index in [9.17, 15) is 14.4 Å². The lowest BCUT2D eigenvalue weighted by Gasteiger charge is -2.14.